The number of hydrogen-bond acceptors (Lipinski definition) is 6. The summed E-state index contributed by atoms with van der Waals surface area (Å²) in [6.07, 6.45) is 0.126. The number of nitrogens with one attached hydrogen (secondary N) is 1. The van der Waals surface area contributed by atoms with Crippen LogP contribution in [0.15, 0.2) is 64.5 Å². The second kappa shape index (κ2) is 10.6. The van der Waals surface area contributed by atoms with Gasteiger partial charge in [-0.1, -0.05) is 36.0 Å². The fraction of sp³-hybridized carbons (Fsp3) is 0.320. The van der Waals surface area contributed by atoms with Gasteiger partial charge in [0, 0.05) is 43.7 Å². The first-order valence-electron chi connectivity index (χ1n) is 11.0. The van der Waals surface area contributed by atoms with Gasteiger partial charge in [0.15, 0.2) is 5.16 Å². The third-order valence-corrected chi connectivity index (χ3v) is 6.56. The highest BCUT2D eigenvalue weighted by molar-refractivity contribution is 7.98. The van der Waals surface area contributed by atoms with Crippen LogP contribution >= 0.6 is 11.8 Å². The third kappa shape index (κ3) is 6.16. The van der Waals surface area contributed by atoms with Crippen LogP contribution in [0.1, 0.15) is 16.8 Å². The smallest absolute Gasteiger partial charge is 0.251 e. The van der Waals surface area contributed by atoms with Crippen LogP contribution in [-0.2, 0) is 17.0 Å². The molecule has 1 fully saturated rings. The number of benzene rings is 2. The number of aromatic amines is 1. The molecule has 172 valence electrons. The molecular formula is C25H28N4O3S. The summed E-state index contributed by atoms with van der Waals surface area (Å²) in [4.78, 5) is 36.5. The van der Waals surface area contributed by atoms with Crippen molar-refractivity contribution in [2.45, 2.75) is 24.3 Å². The summed E-state index contributed by atoms with van der Waals surface area (Å²) in [5.74, 6) is 1.43. The van der Waals surface area contributed by atoms with Crippen molar-refractivity contribution in [1.82, 2.24) is 14.9 Å². The maximum atomic E-state index is 12.9. The second-order valence-corrected chi connectivity index (χ2v) is 9.03. The van der Waals surface area contributed by atoms with Crippen molar-refractivity contribution in [1.29, 1.82) is 0 Å². The van der Waals surface area contributed by atoms with Crippen LogP contribution in [0.2, 0.25) is 0 Å². The van der Waals surface area contributed by atoms with Gasteiger partial charge in [-0.05, 0) is 42.3 Å². The quantitative estimate of drug-likeness (QED) is 0.427. The molecule has 1 amide bonds. The third-order valence-electron chi connectivity index (χ3n) is 5.61. The zero-order valence-corrected chi connectivity index (χ0v) is 19.7. The lowest BCUT2D eigenvalue weighted by Gasteiger charge is -2.36. The number of piperazine rings is 1. The molecule has 33 heavy (non-hydrogen) atoms. The van der Waals surface area contributed by atoms with Gasteiger partial charge in [-0.2, -0.15) is 0 Å². The standard InChI is InChI=1S/C25H28N4O3S/c1-18-5-3-7-21(13-18)28-9-11-29(12-10-28)24(31)16-20-15-23(30)27-25(26-20)33-17-19-6-4-8-22(14-19)32-2/h3-8,13-15H,9-12,16-17H2,1-2H3,(H,26,27,30). The molecule has 0 saturated carbocycles. The van der Waals surface area contributed by atoms with E-state index in [1.165, 1.54) is 29.1 Å². The number of thioether (sulfide) groups is 1. The number of carbonyl (C=O) groups is 1. The Labute approximate surface area is 197 Å². The zero-order valence-electron chi connectivity index (χ0n) is 18.9. The minimum Gasteiger partial charge on any atom is -0.497 e. The minimum atomic E-state index is -0.245. The highest BCUT2D eigenvalue weighted by atomic mass is 32.2. The number of rotatable bonds is 7. The Morgan fingerprint density at radius 2 is 1.88 bits per heavy atom. The van der Waals surface area contributed by atoms with Gasteiger partial charge >= 0.3 is 0 Å². The number of H-pyrrole nitrogens is 1. The van der Waals surface area contributed by atoms with E-state index in [4.69, 9.17) is 4.74 Å². The van der Waals surface area contributed by atoms with Crippen molar-refractivity contribution < 1.29 is 9.53 Å². The fourth-order valence-corrected chi connectivity index (χ4v) is 4.70. The van der Waals surface area contributed by atoms with Crippen molar-refractivity contribution in [2.75, 3.05) is 38.2 Å². The van der Waals surface area contributed by atoms with Crippen molar-refractivity contribution in [3.63, 3.8) is 0 Å². The normalized spacial score (nSPS) is 13.8. The Kier molecular flexibility index (Phi) is 7.34. The highest BCUT2D eigenvalue weighted by Gasteiger charge is 2.22. The topological polar surface area (TPSA) is 78.5 Å². The molecule has 1 aromatic heterocycles. The van der Waals surface area contributed by atoms with Crippen LogP contribution in [0.3, 0.4) is 0 Å². The molecule has 0 unspecified atom stereocenters. The van der Waals surface area contributed by atoms with Crippen molar-refractivity contribution in [3.8, 4) is 5.75 Å². The SMILES string of the molecule is COc1cccc(CSc2nc(CC(=O)N3CCN(c4cccc(C)c4)CC3)cc(=O)[nH]2)c1. The fourth-order valence-electron chi connectivity index (χ4n) is 3.86. The van der Waals surface area contributed by atoms with Crippen LogP contribution in [0.5, 0.6) is 5.75 Å². The Morgan fingerprint density at radius 3 is 2.64 bits per heavy atom. The summed E-state index contributed by atoms with van der Waals surface area (Å²) in [5, 5.41) is 0.511. The molecule has 0 bridgehead atoms. The van der Waals surface area contributed by atoms with E-state index in [1.807, 2.05) is 29.2 Å². The lowest BCUT2D eigenvalue weighted by atomic mass is 10.2. The molecule has 2 heterocycles. The van der Waals surface area contributed by atoms with Crippen LogP contribution < -0.4 is 15.2 Å². The van der Waals surface area contributed by atoms with Gasteiger partial charge in [0.1, 0.15) is 5.75 Å². The maximum absolute atomic E-state index is 12.9. The van der Waals surface area contributed by atoms with Crippen LogP contribution in [0.25, 0.3) is 0 Å². The van der Waals surface area contributed by atoms with E-state index in [9.17, 15) is 9.59 Å². The minimum absolute atomic E-state index is 0.000683. The summed E-state index contributed by atoms with van der Waals surface area (Å²) in [7, 11) is 1.63. The predicted molar refractivity (Wildman–Crippen MR) is 131 cm³/mol. The number of nitrogens with zero attached hydrogens (tertiary/aromatic N) is 3. The maximum Gasteiger partial charge on any atom is 0.251 e. The Bertz CT molecular complexity index is 1170. The van der Waals surface area contributed by atoms with Gasteiger partial charge in [-0.25, -0.2) is 4.98 Å². The van der Waals surface area contributed by atoms with Crippen molar-refractivity contribution in [2.24, 2.45) is 0 Å². The molecule has 0 atom stereocenters. The van der Waals surface area contributed by atoms with E-state index in [1.54, 1.807) is 7.11 Å². The van der Waals surface area contributed by atoms with Crippen molar-refractivity contribution >= 4 is 23.4 Å². The lowest BCUT2D eigenvalue weighted by Crippen LogP contribution is -2.49. The van der Waals surface area contributed by atoms with Crippen LogP contribution in [0.4, 0.5) is 5.69 Å². The number of amides is 1. The number of methoxy groups -OCH3 is 1. The zero-order chi connectivity index (χ0) is 23.2. The van der Waals surface area contributed by atoms with E-state index in [-0.39, 0.29) is 17.9 Å². The number of aromatic nitrogens is 2. The van der Waals surface area contributed by atoms with Gasteiger partial charge in [0.25, 0.3) is 5.56 Å². The van der Waals surface area contributed by atoms with E-state index < -0.39 is 0 Å². The molecule has 1 saturated heterocycles. The largest absolute Gasteiger partial charge is 0.497 e. The van der Waals surface area contributed by atoms with Gasteiger partial charge in [0.2, 0.25) is 5.91 Å². The van der Waals surface area contributed by atoms with Gasteiger partial charge in [-0.3, -0.25) is 9.59 Å². The summed E-state index contributed by atoms with van der Waals surface area (Å²) in [5.41, 5.74) is 3.74. The number of hydrogen-bond donors (Lipinski definition) is 1. The molecule has 2 aromatic carbocycles. The first kappa shape index (κ1) is 22.9. The summed E-state index contributed by atoms with van der Waals surface area (Å²) >= 11 is 1.43. The number of carbonyl (C=O) groups excluding carboxylic acids is 1. The van der Waals surface area contributed by atoms with Gasteiger partial charge in [0.05, 0.1) is 19.2 Å². The lowest BCUT2D eigenvalue weighted by molar-refractivity contribution is -0.130. The molecule has 4 rings (SSSR count). The Morgan fingerprint density at radius 1 is 1.09 bits per heavy atom. The average molecular weight is 465 g/mol. The summed E-state index contributed by atoms with van der Waals surface area (Å²) in [6, 6.07) is 17.6. The second-order valence-electron chi connectivity index (χ2n) is 8.07. The van der Waals surface area contributed by atoms with Gasteiger partial charge < -0.3 is 19.5 Å². The summed E-state index contributed by atoms with van der Waals surface area (Å²) in [6.45, 7) is 4.99. The first-order chi connectivity index (χ1) is 16.0. The van der Waals surface area contributed by atoms with Crippen LogP contribution in [0, 0.1) is 6.92 Å². The molecule has 1 aliphatic rings. The van der Waals surface area contributed by atoms with Gasteiger partial charge in [-0.15, -0.1) is 0 Å². The molecule has 3 aromatic rings. The monoisotopic (exact) mass is 464 g/mol. The van der Waals surface area contributed by atoms with E-state index >= 15 is 0 Å². The molecule has 7 nitrogen and oxygen atoms in total. The molecule has 0 radical (unpaired) electrons. The molecule has 0 spiro atoms. The Hall–Kier alpha value is -3.26. The molecule has 1 aliphatic heterocycles. The predicted octanol–water partition coefficient (Wildman–Crippen LogP) is 3.27. The Balaban J connectivity index is 1.34. The molecule has 0 aliphatic carbocycles. The number of anilines is 1. The van der Waals surface area contributed by atoms with E-state index in [0.717, 1.165) is 24.4 Å². The van der Waals surface area contributed by atoms with Crippen LogP contribution in [-0.4, -0.2) is 54.1 Å². The van der Waals surface area contributed by atoms with E-state index in [0.29, 0.717) is 29.7 Å². The highest BCUT2D eigenvalue weighted by Crippen LogP contribution is 2.22. The first-order valence-corrected chi connectivity index (χ1v) is 11.9. The number of aryl methyl sites for hydroxylation is 1. The van der Waals surface area contributed by atoms with Crippen molar-refractivity contribution in [3.05, 3.63) is 81.8 Å². The molecule has 8 heteroatoms. The number of ether oxygens (including phenoxy) is 1. The average Bonchev–Trinajstić information content (AvgIpc) is 2.82. The molecule has 1 N–H and O–H groups in total. The summed E-state index contributed by atoms with van der Waals surface area (Å²) < 4.78 is 5.26. The molecular weight excluding hydrogens is 436 g/mol. The van der Waals surface area contributed by atoms with E-state index in [2.05, 4.69) is 46.1 Å².